The number of thioether (sulfide) groups is 1. The molecule has 0 unspecified atom stereocenters. The number of hydrogen-bond donors (Lipinski definition) is 2. The number of aromatic nitrogens is 2. The van der Waals surface area contributed by atoms with Gasteiger partial charge in [0.15, 0.2) is 10.8 Å². The third kappa shape index (κ3) is 3.86. The van der Waals surface area contributed by atoms with Crippen LogP contribution in [-0.2, 0) is 10.0 Å². The fourth-order valence-corrected chi connectivity index (χ4v) is 4.56. The molecule has 0 spiro atoms. The van der Waals surface area contributed by atoms with E-state index in [9.17, 15) is 13.2 Å². The number of aliphatic imine (C=N–C) groups is 1. The summed E-state index contributed by atoms with van der Waals surface area (Å²) in [6.45, 7) is 2.49. The Labute approximate surface area is 161 Å². The highest BCUT2D eigenvalue weighted by Crippen LogP contribution is 2.24. The average molecular weight is 412 g/mol. The van der Waals surface area contributed by atoms with Crippen LogP contribution >= 0.6 is 11.8 Å². The van der Waals surface area contributed by atoms with Crippen molar-refractivity contribution in [1.82, 2.24) is 9.55 Å². The van der Waals surface area contributed by atoms with Gasteiger partial charge in [-0.25, -0.2) is 18.5 Å². The first-order chi connectivity index (χ1) is 12.9. The second-order valence-electron chi connectivity index (χ2n) is 5.99. The maximum Gasteiger partial charge on any atom is 0.243 e. The number of pyridine rings is 2. The molecule has 0 radical (unpaired) electrons. The Hall–Kier alpha value is -1.95. The summed E-state index contributed by atoms with van der Waals surface area (Å²) < 4.78 is 25.2. The van der Waals surface area contributed by atoms with E-state index >= 15 is 0 Å². The molecule has 2 aromatic heterocycles. The molecule has 146 valence electrons. The zero-order valence-corrected chi connectivity index (χ0v) is 16.5. The van der Waals surface area contributed by atoms with Crippen molar-refractivity contribution < 1.29 is 13.5 Å². The molecule has 1 saturated heterocycles. The number of anilines is 1. The second-order valence-corrected chi connectivity index (χ2v) is 8.58. The van der Waals surface area contributed by atoms with E-state index in [2.05, 4.69) is 14.9 Å². The first-order valence-electron chi connectivity index (χ1n) is 8.42. The molecule has 3 N–H and O–H groups in total. The average Bonchev–Trinajstić information content (AvgIpc) is 3.36. The van der Waals surface area contributed by atoms with E-state index in [0.717, 1.165) is 44.6 Å². The lowest BCUT2D eigenvalue weighted by Crippen LogP contribution is -2.26. The maximum atomic E-state index is 12.6. The predicted molar refractivity (Wildman–Crippen MR) is 107 cm³/mol. The van der Waals surface area contributed by atoms with Gasteiger partial charge in [0.1, 0.15) is 10.7 Å². The Morgan fingerprint density at radius 1 is 1.22 bits per heavy atom. The molecule has 2 aliphatic heterocycles. The lowest BCUT2D eigenvalue weighted by Gasteiger charge is -2.18. The van der Waals surface area contributed by atoms with E-state index in [4.69, 9.17) is 10.2 Å². The Kier molecular flexibility index (Phi) is 5.84. The predicted octanol–water partition coefficient (Wildman–Crippen LogP) is 0.204. The molecule has 0 bridgehead atoms. The van der Waals surface area contributed by atoms with Crippen LogP contribution in [-0.4, -0.2) is 60.7 Å². The van der Waals surface area contributed by atoms with E-state index in [1.165, 1.54) is 18.0 Å². The topological polar surface area (TPSA) is 131 Å². The third-order valence-corrected chi connectivity index (χ3v) is 6.19. The first kappa shape index (κ1) is 19.8. The highest BCUT2D eigenvalue weighted by molar-refractivity contribution is 8.14. The number of hydrogen-bond acceptors (Lipinski definition) is 8. The lowest BCUT2D eigenvalue weighted by molar-refractivity contribution is 0.399. The van der Waals surface area contributed by atoms with Crippen LogP contribution in [0.5, 0.6) is 0 Å². The van der Waals surface area contributed by atoms with E-state index in [0.29, 0.717) is 17.4 Å². The molecule has 2 aromatic rings. The van der Waals surface area contributed by atoms with E-state index < -0.39 is 20.3 Å². The summed E-state index contributed by atoms with van der Waals surface area (Å²) in [4.78, 5) is 23.4. The Balaban J connectivity index is 0.00000102. The van der Waals surface area contributed by atoms with Gasteiger partial charge in [0.25, 0.3) is 0 Å². The second kappa shape index (κ2) is 7.97. The summed E-state index contributed by atoms with van der Waals surface area (Å²) in [6, 6.07) is 3.39. The van der Waals surface area contributed by atoms with Crippen LogP contribution in [0.1, 0.15) is 12.8 Å². The van der Waals surface area contributed by atoms with Gasteiger partial charge in [-0.2, -0.15) is 0 Å². The van der Waals surface area contributed by atoms with Crippen LogP contribution in [0, 0.1) is 0 Å². The minimum Gasteiger partial charge on any atom is -0.400 e. The maximum absolute atomic E-state index is 12.6. The standard InChI is InChI=1S/C15H17N5O3S2.CH4O/c16-25(22,23)11-9-20(15-17-5-8-24-15)14-10(13(11)21)3-4-12(18-14)19-6-1-2-7-19;1-2/h3-4,9H,1-2,5-8H2,(H2,16,22,23);2H,1H3. The van der Waals surface area contributed by atoms with Crippen LogP contribution in [0.25, 0.3) is 11.0 Å². The minimum atomic E-state index is -4.14. The molecule has 0 saturated carbocycles. The highest BCUT2D eigenvalue weighted by atomic mass is 32.2. The molecule has 0 amide bonds. The number of fused-ring (bicyclic) bond motifs is 1. The summed E-state index contributed by atoms with van der Waals surface area (Å²) in [5.41, 5.74) is -0.215. The van der Waals surface area contributed by atoms with Crippen molar-refractivity contribution in [2.45, 2.75) is 17.7 Å². The van der Waals surface area contributed by atoms with Crippen molar-refractivity contribution >= 4 is 43.8 Å². The number of nitrogens with zero attached hydrogens (tertiary/aromatic N) is 4. The number of primary sulfonamides is 1. The van der Waals surface area contributed by atoms with E-state index in [1.54, 1.807) is 16.7 Å². The van der Waals surface area contributed by atoms with Gasteiger partial charge in [0.05, 0.1) is 11.9 Å². The van der Waals surface area contributed by atoms with Crippen molar-refractivity contribution in [1.29, 1.82) is 0 Å². The van der Waals surface area contributed by atoms with Gasteiger partial charge >= 0.3 is 0 Å². The molecule has 2 aliphatic rings. The number of sulfonamides is 1. The lowest BCUT2D eigenvalue weighted by atomic mass is 10.2. The van der Waals surface area contributed by atoms with Crippen LogP contribution in [0.3, 0.4) is 0 Å². The Morgan fingerprint density at radius 3 is 2.52 bits per heavy atom. The normalized spacial score (nSPS) is 17.0. The van der Waals surface area contributed by atoms with Gasteiger partial charge in [-0.15, -0.1) is 0 Å². The third-order valence-electron chi connectivity index (χ3n) is 4.32. The van der Waals surface area contributed by atoms with E-state index in [-0.39, 0.29) is 5.39 Å². The van der Waals surface area contributed by atoms with Crippen LogP contribution < -0.4 is 15.5 Å². The summed E-state index contributed by atoms with van der Waals surface area (Å²) in [5, 5.41) is 13.1. The number of aliphatic hydroxyl groups is 1. The smallest absolute Gasteiger partial charge is 0.243 e. The van der Waals surface area contributed by atoms with Crippen LogP contribution in [0.15, 0.2) is 33.0 Å². The van der Waals surface area contributed by atoms with Gasteiger partial charge < -0.3 is 10.0 Å². The number of aliphatic hydroxyl groups excluding tert-OH is 1. The van der Waals surface area contributed by atoms with Crippen molar-refractivity contribution in [3.63, 3.8) is 0 Å². The summed E-state index contributed by atoms with van der Waals surface area (Å²) >= 11 is 1.50. The zero-order valence-electron chi connectivity index (χ0n) is 14.8. The first-order valence-corrected chi connectivity index (χ1v) is 10.9. The van der Waals surface area contributed by atoms with E-state index in [1.807, 2.05) is 0 Å². The van der Waals surface area contributed by atoms with Crippen molar-refractivity contribution in [3.05, 3.63) is 28.6 Å². The Bertz CT molecular complexity index is 1040. The van der Waals surface area contributed by atoms with Gasteiger partial charge in [-0.3, -0.25) is 14.4 Å². The van der Waals surface area contributed by atoms with Crippen molar-refractivity contribution in [2.75, 3.05) is 37.4 Å². The number of rotatable bonds is 2. The molecule has 9 nitrogen and oxygen atoms in total. The fraction of sp³-hybridized carbons (Fsp3) is 0.438. The summed E-state index contributed by atoms with van der Waals surface area (Å²) in [7, 11) is -3.14. The van der Waals surface area contributed by atoms with Gasteiger partial charge in [0.2, 0.25) is 15.5 Å². The molecule has 0 aromatic carbocycles. The molecule has 27 heavy (non-hydrogen) atoms. The minimum absolute atomic E-state index is 0.227. The van der Waals surface area contributed by atoms with Crippen LogP contribution in [0.4, 0.5) is 5.82 Å². The molecule has 11 heteroatoms. The molecule has 4 rings (SSSR count). The zero-order chi connectivity index (χ0) is 19.6. The fourth-order valence-electron chi connectivity index (χ4n) is 3.11. The van der Waals surface area contributed by atoms with Crippen molar-refractivity contribution in [3.8, 4) is 0 Å². The molecular weight excluding hydrogens is 390 g/mol. The Morgan fingerprint density at radius 2 is 1.93 bits per heavy atom. The van der Waals surface area contributed by atoms with Gasteiger partial charge in [-0.1, -0.05) is 11.8 Å². The van der Waals surface area contributed by atoms with Gasteiger partial charge in [-0.05, 0) is 25.0 Å². The summed E-state index contributed by atoms with van der Waals surface area (Å²) in [5.74, 6) is 1.59. The molecule has 0 aliphatic carbocycles. The monoisotopic (exact) mass is 411 g/mol. The molecule has 4 heterocycles. The van der Waals surface area contributed by atoms with Crippen LogP contribution in [0.2, 0.25) is 0 Å². The molecule has 0 atom stereocenters. The molecule has 1 fully saturated rings. The quantitative estimate of drug-likeness (QED) is 0.722. The number of nitrogens with two attached hydrogens (primary N) is 1. The highest BCUT2D eigenvalue weighted by Gasteiger charge is 2.23. The summed E-state index contributed by atoms with van der Waals surface area (Å²) in [6.07, 6.45) is 3.47. The van der Waals surface area contributed by atoms with Gasteiger partial charge in [0, 0.05) is 32.1 Å². The molecular formula is C16H21N5O4S2. The largest absolute Gasteiger partial charge is 0.400 e. The van der Waals surface area contributed by atoms with Crippen molar-refractivity contribution in [2.24, 2.45) is 10.1 Å². The SMILES string of the molecule is CO.NS(=O)(=O)c1cn(C2=NCCS2)c2nc(N3CCCC3)ccc2c1=O.